The van der Waals surface area contributed by atoms with Crippen molar-refractivity contribution in [1.29, 1.82) is 5.26 Å². The van der Waals surface area contributed by atoms with E-state index in [1.54, 1.807) is 24.1 Å². The van der Waals surface area contributed by atoms with Crippen LogP contribution in [0.4, 0.5) is 5.69 Å². The van der Waals surface area contributed by atoms with Crippen molar-refractivity contribution in [2.75, 3.05) is 24.3 Å². The van der Waals surface area contributed by atoms with E-state index in [2.05, 4.69) is 16.3 Å². The molecule has 1 aromatic heterocycles. The summed E-state index contributed by atoms with van der Waals surface area (Å²) in [6.07, 6.45) is 0.237. The monoisotopic (exact) mass is 469 g/mol. The zero-order chi connectivity index (χ0) is 23.1. The van der Waals surface area contributed by atoms with Crippen molar-refractivity contribution in [1.82, 2.24) is 14.8 Å². The average Bonchev–Trinajstić information content (AvgIpc) is 3.22. The molecule has 0 saturated heterocycles. The van der Waals surface area contributed by atoms with Crippen LogP contribution < -0.4 is 9.64 Å². The lowest BCUT2D eigenvalue weighted by Gasteiger charge is -2.22. The van der Waals surface area contributed by atoms with Crippen LogP contribution in [0, 0.1) is 18.3 Å². The molecule has 0 bridgehead atoms. The number of ether oxygens (including phenoxy) is 1. The normalized spacial score (nSPS) is 10.6. The maximum atomic E-state index is 13.1. The van der Waals surface area contributed by atoms with Gasteiger partial charge in [0.15, 0.2) is 11.0 Å². The van der Waals surface area contributed by atoms with Crippen LogP contribution in [0.3, 0.4) is 0 Å². The zero-order valence-electron chi connectivity index (χ0n) is 18.2. The summed E-state index contributed by atoms with van der Waals surface area (Å²) in [4.78, 5) is 14.7. The van der Waals surface area contributed by atoms with Crippen LogP contribution in [0.5, 0.6) is 5.75 Å². The van der Waals surface area contributed by atoms with Crippen molar-refractivity contribution in [3.63, 3.8) is 0 Å². The highest BCUT2D eigenvalue weighted by Gasteiger charge is 2.20. The van der Waals surface area contributed by atoms with Gasteiger partial charge in [-0.3, -0.25) is 4.79 Å². The molecular weight excluding hydrogens is 446 g/mol. The number of methoxy groups -OCH3 is 1. The van der Waals surface area contributed by atoms with Gasteiger partial charge < -0.3 is 14.2 Å². The Balaban J connectivity index is 1.81. The standard InChI is InChI=1S/C23H24ClN5O2S/c1-4-28-22(18-8-5-6-9-20(18)31-3)26-27-23(28)32-15-21(30)29(13-7-12-25)17-10-11-19(24)16(2)14-17/h5-6,8-11,14H,4,7,13,15H2,1-3H3. The number of benzene rings is 2. The molecule has 166 valence electrons. The summed E-state index contributed by atoms with van der Waals surface area (Å²) in [5, 5.41) is 19.0. The summed E-state index contributed by atoms with van der Waals surface area (Å²) in [5.41, 5.74) is 2.44. The summed E-state index contributed by atoms with van der Waals surface area (Å²) in [6, 6.07) is 15.2. The van der Waals surface area contributed by atoms with Crippen LogP contribution >= 0.6 is 23.4 Å². The van der Waals surface area contributed by atoms with Gasteiger partial charge in [0.1, 0.15) is 5.75 Å². The van der Waals surface area contributed by atoms with Gasteiger partial charge in [-0.05, 0) is 49.7 Å². The number of rotatable bonds is 9. The highest BCUT2D eigenvalue weighted by atomic mass is 35.5. The number of aromatic nitrogens is 3. The highest BCUT2D eigenvalue weighted by Crippen LogP contribution is 2.31. The molecule has 1 amide bonds. The zero-order valence-corrected chi connectivity index (χ0v) is 19.8. The Kier molecular flexibility index (Phi) is 8.14. The molecule has 0 unspecified atom stereocenters. The number of hydrogen-bond donors (Lipinski definition) is 0. The van der Waals surface area contributed by atoms with Gasteiger partial charge >= 0.3 is 0 Å². The molecule has 3 rings (SSSR count). The number of halogens is 1. The fraction of sp³-hybridized carbons (Fsp3) is 0.304. The SMILES string of the molecule is CCn1c(SCC(=O)N(CCC#N)c2ccc(Cl)c(C)c2)nnc1-c1ccccc1OC. The van der Waals surface area contributed by atoms with Crippen molar-refractivity contribution in [2.24, 2.45) is 0 Å². The summed E-state index contributed by atoms with van der Waals surface area (Å²) in [6.45, 7) is 4.84. The van der Waals surface area contributed by atoms with E-state index in [1.165, 1.54) is 11.8 Å². The molecular formula is C23H24ClN5O2S. The third-order valence-electron chi connectivity index (χ3n) is 4.91. The van der Waals surface area contributed by atoms with Gasteiger partial charge in [0.25, 0.3) is 0 Å². The third-order valence-corrected chi connectivity index (χ3v) is 6.28. The predicted molar refractivity (Wildman–Crippen MR) is 127 cm³/mol. The lowest BCUT2D eigenvalue weighted by molar-refractivity contribution is -0.116. The molecule has 0 atom stereocenters. The fourth-order valence-corrected chi connectivity index (χ4v) is 4.27. The summed E-state index contributed by atoms with van der Waals surface area (Å²) in [7, 11) is 1.62. The van der Waals surface area contributed by atoms with E-state index in [-0.39, 0.29) is 18.1 Å². The molecule has 0 aliphatic carbocycles. The molecule has 0 spiro atoms. The minimum atomic E-state index is -0.114. The van der Waals surface area contributed by atoms with E-state index in [0.29, 0.717) is 34.8 Å². The summed E-state index contributed by atoms with van der Waals surface area (Å²) >= 11 is 7.45. The van der Waals surface area contributed by atoms with E-state index >= 15 is 0 Å². The Labute approximate surface area is 197 Å². The van der Waals surface area contributed by atoms with Crippen molar-refractivity contribution < 1.29 is 9.53 Å². The lowest BCUT2D eigenvalue weighted by Crippen LogP contribution is -2.33. The molecule has 3 aromatic rings. The number of anilines is 1. The van der Waals surface area contributed by atoms with E-state index in [0.717, 1.165) is 16.8 Å². The van der Waals surface area contributed by atoms with Gasteiger partial charge in [-0.25, -0.2) is 0 Å². The molecule has 0 aliphatic rings. The van der Waals surface area contributed by atoms with E-state index in [1.807, 2.05) is 48.7 Å². The van der Waals surface area contributed by atoms with Crippen LogP contribution in [-0.4, -0.2) is 40.1 Å². The highest BCUT2D eigenvalue weighted by molar-refractivity contribution is 7.99. The van der Waals surface area contributed by atoms with E-state index < -0.39 is 0 Å². The second kappa shape index (κ2) is 11.0. The first-order chi connectivity index (χ1) is 15.5. The average molecular weight is 470 g/mol. The largest absolute Gasteiger partial charge is 0.496 e. The Bertz CT molecular complexity index is 1140. The van der Waals surface area contributed by atoms with Gasteiger partial charge in [-0.15, -0.1) is 10.2 Å². The number of carbonyl (C=O) groups excluding carboxylic acids is 1. The molecule has 0 N–H and O–H groups in total. The maximum absolute atomic E-state index is 13.1. The number of thioether (sulfide) groups is 1. The topological polar surface area (TPSA) is 84.0 Å². The Hall–Kier alpha value is -3.02. The molecule has 7 nitrogen and oxygen atoms in total. The van der Waals surface area contributed by atoms with E-state index in [4.69, 9.17) is 21.6 Å². The number of nitrogens with zero attached hydrogens (tertiary/aromatic N) is 5. The fourth-order valence-electron chi connectivity index (χ4n) is 3.27. The van der Waals surface area contributed by atoms with E-state index in [9.17, 15) is 4.79 Å². The van der Waals surface area contributed by atoms with Crippen LogP contribution in [0.2, 0.25) is 5.02 Å². The number of hydrogen-bond acceptors (Lipinski definition) is 6. The van der Waals surface area contributed by atoms with Crippen molar-refractivity contribution >= 4 is 35.0 Å². The second-order valence-electron chi connectivity index (χ2n) is 6.93. The summed E-state index contributed by atoms with van der Waals surface area (Å²) in [5.74, 6) is 1.45. The first-order valence-corrected chi connectivity index (χ1v) is 11.5. The van der Waals surface area contributed by atoms with Gasteiger partial charge in [0.05, 0.1) is 30.9 Å². The van der Waals surface area contributed by atoms with Crippen LogP contribution in [-0.2, 0) is 11.3 Å². The predicted octanol–water partition coefficient (Wildman–Crippen LogP) is 4.97. The molecule has 1 heterocycles. The third kappa shape index (κ3) is 5.23. The van der Waals surface area contributed by atoms with Crippen LogP contribution in [0.15, 0.2) is 47.6 Å². The molecule has 0 saturated carbocycles. The smallest absolute Gasteiger partial charge is 0.237 e. The number of aryl methyl sites for hydroxylation is 1. The lowest BCUT2D eigenvalue weighted by atomic mass is 10.2. The van der Waals surface area contributed by atoms with Gasteiger partial charge in [-0.1, -0.05) is 35.5 Å². The Morgan fingerprint density at radius 2 is 2.06 bits per heavy atom. The number of amides is 1. The number of carbonyl (C=O) groups is 1. The van der Waals surface area contributed by atoms with Gasteiger partial charge in [-0.2, -0.15) is 5.26 Å². The first kappa shape index (κ1) is 23.6. The summed E-state index contributed by atoms with van der Waals surface area (Å²) < 4.78 is 7.42. The number of nitriles is 1. The molecule has 0 fully saturated rings. The van der Waals surface area contributed by atoms with Crippen LogP contribution in [0.1, 0.15) is 18.9 Å². The molecule has 9 heteroatoms. The van der Waals surface area contributed by atoms with Gasteiger partial charge in [0.2, 0.25) is 5.91 Å². The van der Waals surface area contributed by atoms with Crippen molar-refractivity contribution in [2.45, 2.75) is 32.0 Å². The Morgan fingerprint density at radius 3 is 2.75 bits per heavy atom. The second-order valence-corrected chi connectivity index (χ2v) is 8.28. The van der Waals surface area contributed by atoms with Crippen LogP contribution in [0.25, 0.3) is 11.4 Å². The maximum Gasteiger partial charge on any atom is 0.237 e. The minimum Gasteiger partial charge on any atom is -0.496 e. The first-order valence-electron chi connectivity index (χ1n) is 10.1. The molecule has 2 aromatic carbocycles. The van der Waals surface area contributed by atoms with Crippen molar-refractivity contribution in [3.8, 4) is 23.2 Å². The number of para-hydroxylation sites is 1. The van der Waals surface area contributed by atoms with Gasteiger partial charge in [0, 0.05) is 23.8 Å². The molecule has 0 radical (unpaired) electrons. The Morgan fingerprint density at radius 1 is 1.28 bits per heavy atom. The van der Waals surface area contributed by atoms with Crippen molar-refractivity contribution in [3.05, 3.63) is 53.1 Å². The minimum absolute atomic E-state index is 0.114. The molecule has 32 heavy (non-hydrogen) atoms. The quantitative estimate of drug-likeness (QED) is 0.411. The molecule has 0 aliphatic heterocycles.